The number of carbonyl (C=O) groups is 1. The first-order valence-electron chi connectivity index (χ1n) is 8.10. The van der Waals surface area contributed by atoms with Gasteiger partial charge in [-0.05, 0) is 69.5 Å². The molecule has 1 atom stereocenters. The van der Waals surface area contributed by atoms with Crippen LogP contribution in [0.15, 0.2) is 23.9 Å². The van der Waals surface area contributed by atoms with Gasteiger partial charge in [-0.3, -0.25) is 9.69 Å². The Morgan fingerprint density at radius 1 is 1.20 bits per heavy atom. The lowest BCUT2D eigenvalue weighted by molar-refractivity contribution is -0.120. The van der Waals surface area contributed by atoms with Crippen LogP contribution in [0.4, 0.5) is 0 Å². The van der Waals surface area contributed by atoms with E-state index in [2.05, 4.69) is 30.3 Å². The summed E-state index contributed by atoms with van der Waals surface area (Å²) in [6.45, 7) is 1.17. The standard InChI is InChI=1S/C17H24N2O/c1-18-10-2-3-16(18)13-8-9-17(14-4-5-14,15-6-7-15)19(11-13)12-20/h8-9,11-12,14-16H,2-7,10H2,1H3. The zero-order valence-corrected chi connectivity index (χ0v) is 12.3. The lowest BCUT2D eigenvalue weighted by Gasteiger charge is -2.42. The molecule has 0 spiro atoms. The van der Waals surface area contributed by atoms with Crippen LogP contribution in [-0.2, 0) is 4.79 Å². The van der Waals surface area contributed by atoms with E-state index in [9.17, 15) is 4.79 Å². The molecule has 20 heavy (non-hydrogen) atoms. The molecular formula is C17H24N2O. The number of hydrogen-bond acceptors (Lipinski definition) is 2. The van der Waals surface area contributed by atoms with Crippen LogP contribution in [0.25, 0.3) is 0 Å². The Hall–Kier alpha value is -1.09. The molecule has 2 heterocycles. The van der Waals surface area contributed by atoms with Crippen molar-refractivity contribution in [1.82, 2.24) is 9.80 Å². The molecule has 2 aliphatic heterocycles. The van der Waals surface area contributed by atoms with Crippen molar-refractivity contribution in [2.45, 2.75) is 50.1 Å². The monoisotopic (exact) mass is 272 g/mol. The van der Waals surface area contributed by atoms with Crippen molar-refractivity contribution in [3.05, 3.63) is 23.9 Å². The lowest BCUT2D eigenvalue weighted by atomic mass is 9.82. The number of carbonyl (C=O) groups excluding carboxylic acids is 1. The molecule has 2 saturated carbocycles. The Morgan fingerprint density at radius 3 is 2.40 bits per heavy atom. The van der Waals surface area contributed by atoms with Crippen LogP contribution in [0.1, 0.15) is 38.5 Å². The van der Waals surface area contributed by atoms with Crippen molar-refractivity contribution in [2.75, 3.05) is 13.6 Å². The topological polar surface area (TPSA) is 23.6 Å². The Bertz CT molecular complexity index is 461. The summed E-state index contributed by atoms with van der Waals surface area (Å²) in [5, 5.41) is 0. The van der Waals surface area contributed by atoms with Gasteiger partial charge in [0.15, 0.2) is 0 Å². The van der Waals surface area contributed by atoms with Gasteiger partial charge < -0.3 is 4.90 Å². The number of hydrogen-bond donors (Lipinski definition) is 0. The quantitative estimate of drug-likeness (QED) is 0.734. The zero-order valence-electron chi connectivity index (χ0n) is 12.3. The zero-order chi connectivity index (χ0) is 13.7. The summed E-state index contributed by atoms with van der Waals surface area (Å²) < 4.78 is 0. The first-order chi connectivity index (χ1) is 9.75. The number of rotatable bonds is 4. The molecule has 4 aliphatic rings. The molecule has 0 bridgehead atoms. The maximum absolute atomic E-state index is 11.7. The summed E-state index contributed by atoms with van der Waals surface area (Å²) in [6.07, 6.45) is 15.6. The molecule has 3 nitrogen and oxygen atoms in total. The van der Waals surface area contributed by atoms with Crippen molar-refractivity contribution in [1.29, 1.82) is 0 Å². The van der Waals surface area contributed by atoms with E-state index < -0.39 is 0 Å². The SMILES string of the molecule is CN1CCCC1C1=CN(C=O)C(C2CC2)(C2CC2)C=C1. The molecule has 0 aromatic heterocycles. The van der Waals surface area contributed by atoms with Gasteiger partial charge in [0, 0.05) is 12.2 Å². The van der Waals surface area contributed by atoms with E-state index in [-0.39, 0.29) is 5.54 Å². The molecule has 3 heteroatoms. The smallest absolute Gasteiger partial charge is 0.214 e. The molecule has 3 fully saturated rings. The molecule has 0 N–H and O–H groups in total. The lowest BCUT2D eigenvalue weighted by Crippen LogP contribution is -2.49. The van der Waals surface area contributed by atoms with Gasteiger partial charge in [0.2, 0.25) is 6.41 Å². The van der Waals surface area contributed by atoms with Gasteiger partial charge in [0.05, 0.1) is 5.54 Å². The number of amides is 1. The third-order valence-electron chi connectivity index (χ3n) is 5.76. The molecule has 0 radical (unpaired) electrons. The second-order valence-electron chi connectivity index (χ2n) is 7.05. The fourth-order valence-electron chi connectivity index (χ4n) is 4.40. The fourth-order valence-corrected chi connectivity index (χ4v) is 4.40. The van der Waals surface area contributed by atoms with Crippen LogP contribution in [0.3, 0.4) is 0 Å². The predicted octanol–water partition coefficient (Wildman–Crippen LogP) is 2.55. The van der Waals surface area contributed by atoms with Gasteiger partial charge in [0.1, 0.15) is 0 Å². The third kappa shape index (κ3) is 1.79. The van der Waals surface area contributed by atoms with E-state index in [1.54, 1.807) is 0 Å². The average Bonchev–Trinajstić information content (AvgIpc) is 3.36. The summed E-state index contributed by atoms with van der Waals surface area (Å²) in [5.41, 5.74) is 1.36. The molecule has 0 aromatic rings. The first kappa shape index (κ1) is 12.6. The third-order valence-corrected chi connectivity index (χ3v) is 5.76. The molecular weight excluding hydrogens is 248 g/mol. The van der Waals surface area contributed by atoms with Gasteiger partial charge in [-0.15, -0.1) is 0 Å². The van der Waals surface area contributed by atoms with Crippen molar-refractivity contribution >= 4 is 6.41 Å². The second kappa shape index (κ2) is 4.45. The fraction of sp³-hybridized carbons (Fsp3) is 0.706. The largest absolute Gasteiger partial charge is 0.311 e. The summed E-state index contributed by atoms with van der Waals surface area (Å²) in [7, 11) is 2.20. The summed E-state index contributed by atoms with van der Waals surface area (Å²) in [5.74, 6) is 1.41. The number of likely N-dealkylation sites (tertiary alicyclic amines) is 1. The molecule has 2 aliphatic carbocycles. The normalized spacial score (nSPS) is 33.4. The minimum atomic E-state index is 0.0302. The van der Waals surface area contributed by atoms with Gasteiger partial charge >= 0.3 is 0 Å². The summed E-state index contributed by atoms with van der Waals surface area (Å²) in [4.78, 5) is 16.2. The van der Waals surface area contributed by atoms with Crippen LogP contribution in [0, 0.1) is 11.8 Å². The molecule has 1 unspecified atom stereocenters. The highest BCUT2D eigenvalue weighted by atomic mass is 16.1. The van der Waals surface area contributed by atoms with Crippen LogP contribution < -0.4 is 0 Å². The van der Waals surface area contributed by atoms with Crippen molar-refractivity contribution in [3.63, 3.8) is 0 Å². The van der Waals surface area contributed by atoms with Crippen LogP contribution >= 0.6 is 0 Å². The molecule has 108 valence electrons. The minimum absolute atomic E-state index is 0.0302. The van der Waals surface area contributed by atoms with Gasteiger partial charge in [0.25, 0.3) is 0 Å². The average molecular weight is 272 g/mol. The van der Waals surface area contributed by atoms with Gasteiger partial charge in [-0.25, -0.2) is 0 Å². The summed E-state index contributed by atoms with van der Waals surface area (Å²) >= 11 is 0. The molecule has 0 aromatic carbocycles. The van der Waals surface area contributed by atoms with Crippen LogP contribution in [-0.4, -0.2) is 41.4 Å². The van der Waals surface area contributed by atoms with E-state index in [1.165, 1.54) is 50.6 Å². The highest BCUT2D eigenvalue weighted by Gasteiger charge is 2.56. The summed E-state index contributed by atoms with van der Waals surface area (Å²) in [6, 6.07) is 0.505. The van der Waals surface area contributed by atoms with E-state index in [1.807, 2.05) is 4.90 Å². The van der Waals surface area contributed by atoms with Crippen molar-refractivity contribution < 1.29 is 4.79 Å². The van der Waals surface area contributed by atoms with E-state index >= 15 is 0 Å². The Morgan fingerprint density at radius 2 is 1.90 bits per heavy atom. The van der Waals surface area contributed by atoms with E-state index in [0.717, 1.165) is 6.41 Å². The Labute approximate surface area is 121 Å². The Kier molecular flexibility index (Phi) is 2.81. The highest BCUT2D eigenvalue weighted by Crippen LogP contribution is 2.56. The van der Waals surface area contributed by atoms with Crippen LogP contribution in [0.2, 0.25) is 0 Å². The highest BCUT2D eigenvalue weighted by molar-refractivity contribution is 5.57. The molecule has 1 amide bonds. The maximum Gasteiger partial charge on any atom is 0.214 e. The van der Waals surface area contributed by atoms with Crippen LogP contribution in [0.5, 0.6) is 0 Å². The van der Waals surface area contributed by atoms with Gasteiger partial charge in [-0.1, -0.05) is 12.2 Å². The predicted molar refractivity (Wildman–Crippen MR) is 79.0 cm³/mol. The maximum atomic E-state index is 11.7. The molecule has 1 saturated heterocycles. The number of nitrogens with zero attached hydrogens (tertiary/aromatic N) is 2. The van der Waals surface area contributed by atoms with Crippen molar-refractivity contribution in [2.24, 2.45) is 11.8 Å². The van der Waals surface area contributed by atoms with E-state index in [4.69, 9.17) is 0 Å². The van der Waals surface area contributed by atoms with Gasteiger partial charge in [-0.2, -0.15) is 0 Å². The second-order valence-corrected chi connectivity index (χ2v) is 7.05. The molecule has 4 rings (SSSR count). The van der Waals surface area contributed by atoms with Crippen molar-refractivity contribution in [3.8, 4) is 0 Å². The van der Waals surface area contributed by atoms with E-state index in [0.29, 0.717) is 17.9 Å². The first-order valence-corrected chi connectivity index (χ1v) is 8.10. The number of likely N-dealkylation sites (N-methyl/N-ethyl adjacent to an activating group) is 1. The minimum Gasteiger partial charge on any atom is -0.311 e. The Balaban J connectivity index is 1.65.